The third-order valence-corrected chi connectivity index (χ3v) is 7.62. The Bertz CT molecular complexity index is 1130. The van der Waals surface area contributed by atoms with Gasteiger partial charge in [0.05, 0.1) is 23.2 Å². The molecular formula is C22H23N3O5S2. The summed E-state index contributed by atoms with van der Waals surface area (Å²) in [7, 11) is 1.34. The third kappa shape index (κ3) is 4.51. The summed E-state index contributed by atoms with van der Waals surface area (Å²) in [6.45, 7) is 1.69. The number of rotatable bonds is 6. The lowest BCUT2D eigenvalue weighted by molar-refractivity contribution is -0.705. The number of benzene rings is 1. The van der Waals surface area contributed by atoms with Gasteiger partial charge in [-0.15, -0.1) is 11.3 Å². The van der Waals surface area contributed by atoms with E-state index in [1.54, 1.807) is 19.1 Å². The number of fused-ring (bicyclic) bond motifs is 1. The van der Waals surface area contributed by atoms with Gasteiger partial charge < -0.3 is 19.7 Å². The van der Waals surface area contributed by atoms with E-state index in [0.717, 1.165) is 54.3 Å². The maximum Gasteiger partial charge on any atom is 0.341 e. The quantitative estimate of drug-likeness (QED) is 0.253. The molecule has 168 valence electrons. The average molecular weight is 474 g/mol. The van der Waals surface area contributed by atoms with Gasteiger partial charge in [0.2, 0.25) is 11.6 Å². The van der Waals surface area contributed by atoms with Gasteiger partial charge in [-0.1, -0.05) is 24.6 Å². The topological polar surface area (TPSA) is 108 Å². The summed E-state index contributed by atoms with van der Waals surface area (Å²) >= 11 is 2.49. The molecule has 1 unspecified atom stereocenters. The Hall–Kier alpha value is -2.85. The van der Waals surface area contributed by atoms with Crippen molar-refractivity contribution in [2.45, 2.75) is 49.3 Å². The van der Waals surface area contributed by atoms with E-state index in [9.17, 15) is 14.7 Å². The Balaban J connectivity index is 1.56. The summed E-state index contributed by atoms with van der Waals surface area (Å²) in [5.74, 6) is -1.38. The van der Waals surface area contributed by atoms with E-state index < -0.39 is 17.2 Å². The largest absolute Gasteiger partial charge is 0.538 e. The molecule has 2 aromatic heterocycles. The number of ether oxygens (including phenoxy) is 1. The number of hydrogen-bond acceptors (Lipinski definition) is 8. The highest BCUT2D eigenvalue weighted by Crippen LogP contribution is 2.38. The van der Waals surface area contributed by atoms with E-state index in [1.807, 2.05) is 18.2 Å². The summed E-state index contributed by atoms with van der Waals surface area (Å²) in [5.41, 5.74) is 2.09. The molecule has 0 saturated heterocycles. The highest BCUT2D eigenvalue weighted by atomic mass is 32.2. The Labute approximate surface area is 193 Å². The van der Waals surface area contributed by atoms with Crippen LogP contribution in [0.5, 0.6) is 5.95 Å². The lowest BCUT2D eigenvalue weighted by atomic mass is 10.1. The molecule has 1 aliphatic rings. The number of thioether (sulfide) groups is 1. The number of amides is 1. The van der Waals surface area contributed by atoms with E-state index in [1.165, 1.54) is 23.1 Å². The average Bonchev–Trinajstić information content (AvgIpc) is 3.24. The lowest BCUT2D eigenvalue weighted by Crippen LogP contribution is -2.36. The minimum Gasteiger partial charge on any atom is -0.538 e. The smallest absolute Gasteiger partial charge is 0.341 e. The van der Waals surface area contributed by atoms with Crippen molar-refractivity contribution in [3.05, 3.63) is 46.3 Å². The first kappa shape index (κ1) is 22.3. The summed E-state index contributed by atoms with van der Waals surface area (Å²) < 4.78 is 11.2. The second-order valence-corrected chi connectivity index (χ2v) is 9.86. The van der Waals surface area contributed by atoms with Crippen molar-refractivity contribution in [1.29, 1.82) is 0 Å². The van der Waals surface area contributed by atoms with Crippen LogP contribution < -0.4 is 15.1 Å². The number of carbonyl (C=O) groups is 2. The van der Waals surface area contributed by atoms with E-state index in [-0.39, 0.29) is 10.9 Å². The molecule has 10 heteroatoms. The first-order valence-corrected chi connectivity index (χ1v) is 12.0. The molecule has 1 aliphatic carbocycles. The van der Waals surface area contributed by atoms with Gasteiger partial charge in [0.15, 0.2) is 5.95 Å². The fourth-order valence-corrected chi connectivity index (χ4v) is 5.81. The number of anilines is 1. The first-order chi connectivity index (χ1) is 15.5. The molecule has 0 spiro atoms. The monoisotopic (exact) mass is 473 g/mol. The highest BCUT2D eigenvalue weighted by molar-refractivity contribution is 8.00. The Morgan fingerprint density at radius 3 is 2.75 bits per heavy atom. The first-order valence-electron chi connectivity index (χ1n) is 10.3. The number of thiophene rings is 1. The molecule has 0 fully saturated rings. The molecule has 1 aromatic carbocycles. The van der Waals surface area contributed by atoms with Gasteiger partial charge >= 0.3 is 5.97 Å². The molecule has 1 N–H and O–H groups in total. The van der Waals surface area contributed by atoms with Gasteiger partial charge in [-0.3, -0.25) is 4.79 Å². The Morgan fingerprint density at radius 1 is 1.25 bits per heavy atom. The number of hydrogen-bond donors (Lipinski definition) is 1. The van der Waals surface area contributed by atoms with Crippen molar-refractivity contribution in [2.75, 3.05) is 12.4 Å². The maximum atomic E-state index is 13.0. The fourth-order valence-electron chi connectivity index (χ4n) is 3.66. The molecule has 0 aliphatic heterocycles. The van der Waals surface area contributed by atoms with Gasteiger partial charge in [-0.25, -0.2) is 4.79 Å². The predicted octanol–water partition coefficient (Wildman–Crippen LogP) is 3.26. The number of aryl methyl sites for hydroxylation is 1. The number of nitrogens with one attached hydrogen (secondary N) is 1. The fraction of sp³-hybridized carbons (Fsp3) is 0.364. The molecule has 2 heterocycles. The molecule has 8 nitrogen and oxygen atoms in total. The second-order valence-electron chi connectivity index (χ2n) is 7.42. The van der Waals surface area contributed by atoms with Crippen molar-refractivity contribution >= 4 is 40.0 Å². The van der Waals surface area contributed by atoms with Gasteiger partial charge in [0.25, 0.3) is 5.03 Å². The molecule has 32 heavy (non-hydrogen) atoms. The van der Waals surface area contributed by atoms with Crippen LogP contribution in [-0.4, -0.2) is 29.5 Å². The minimum absolute atomic E-state index is 0.203. The van der Waals surface area contributed by atoms with Crippen LogP contribution in [0.15, 0.2) is 39.9 Å². The summed E-state index contributed by atoms with van der Waals surface area (Å²) in [4.78, 5) is 26.6. The van der Waals surface area contributed by atoms with Crippen LogP contribution in [-0.2, 0) is 22.4 Å². The molecule has 3 aromatic rings. The van der Waals surface area contributed by atoms with Crippen LogP contribution in [0.1, 0.15) is 47.0 Å². The SMILES string of the molecule is COC(=O)c1c(NC(=O)C(C)Sc2c([O-])on[n+]2-c2ccccc2)sc2c1CCCCC2. The molecule has 0 bridgehead atoms. The molecule has 1 atom stereocenters. The van der Waals surface area contributed by atoms with Gasteiger partial charge in [0, 0.05) is 17.0 Å². The van der Waals surface area contributed by atoms with Gasteiger partial charge in [-0.2, -0.15) is 0 Å². The number of methoxy groups -OCH3 is 1. The molecule has 4 rings (SSSR count). The molecule has 0 radical (unpaired) electrons. The molecule has 1 amide bonds. The van der Waals surface area contributed by atoms with Crippen LogP contribution in [0.25, 0.3) is 5.69 Å². The second kappa shape index (κ2) is 9.74. The van der Waals surface area contributed by atoms with E-state index in [0.29, 0.717) is 16.3 Å². The van der Waals surface area contributed by atoms with Crippen molar-refractivity contribution in [1.82, 2.24) is 5.27 Å². The Morgan fingerprint density at radius 2 is 2.00 bits per heavy atom. The van der Waals surface area contributed by atoms with E-state index in [4.69, 9.17) is 9.26 Å². The van der Waals surface area contributed by atoms with Crippen molar-refractivity contribution < 1.29 is 28.6 Å². The number of nitrogens with zero attached hydrogens (tertiary/aromatic N) is 2. The normalized spacial score (nSPS) is 14.3. The highest BCUT2D eigenvalue weighted by Gasteiger charge is 2.30. The number of carbonyl (C=O) groups excluding carboxylic acids is 2. The van der Waals surface area contributed by atoms with E-state index in [2.05, 4.69) is 10.6 Å². The number of esters is 1. The third-order valence-electron chi connectivity index (χ3n) is 5.28. The van der Waals surface area contributed by atoms with Crippen molar-refractivity contribution in [3.63, 3.8) is 0 Å². The zero-order valence-electron chi connectivity index (χ0n) is 17.8. The van der Waals surface area contributed by atoms with Crippen molar-refractivity contribution in [2.24, 2.45) is 0 Å². The zero-order chi connectivity index (χ0) is 22.7. The van der Waals surface area contributed by atoms with Gasteiger partial charge in [0.1, 0.15) is 5.00 Å². The predicted molar refractivity (Wildman–Crippen MR) is 118 cm³/mol. The van der Waals surface area contributed by atoms with Crippen LogP contribution in [0.3, 0.4) is 0 Å². The van der Waals surface area contributed by atoms with Gasteiger partial charge in [-0.05, 0) is 54.6 Å². The zero-order valence-corrected chi connectivity index (χ0v) is 19.4. The minimum atomic E-state index is -0.635. The van der Waals surface area contributed by atoms with Crippen LogP contribution in [0, 0.1) is 0 Å². The lowest BCUT2D eigenvalue weighted by Gasteiger charge is -2.11. The summed E-state index contributed by atoms with van der Waals surface area (Å²) in [6.07, 6.45) is 4.88. The maximum absolute atomic E-state index is 13.0. The summed E-state index contributed by atoms with van der Waals surface area (Å²) in [5, 5.41) is 19.0. The molecule has 0 saturated carbocycles. The van der Waals surface area contributed by atoms with Crippen molar-refractivity contribution in [3.8, 4) is 11.6 Å². The number of para-hydroxylation sites is 1. The Kier molecular flexibility index (Phi) is 6.80. The van der Waals surface area contributed by atoms with Crippen LogP contribution >= 0.6 is 23.1 Å². The van der Waals surface area contributed by atoms with Crippen LogP contribution in [0.2, 0.25) is 0 Å². The number of aromatic nitrogens is 2. The molecular weight excluding hydrogens is 450 g/mol. The summed E-state index contributed by atoms with van der Waals surface area (Å²) in [6, 6.07) is 9.07. The van der Waals surface area contributed by atoms with E-state index >= 15 is 0 Å². The van der Waals surface area contributed by atoms with Crippen LogP contribution in [0.4, 0.5) is 5.00 Å². The standard InChI is InChI=1S/C22H23N3O5S2/c1-13(31-20-22(28)30-24-25(20)14-9-5-3-6-10-14)18(26)23-19-17(21(27)29-2)15-11-7-4-8-12-16(15)32-19/h3,5-6,9-10,13H,4,7-8,11-12H2,1-2H3,(H-,23,24,26,27,28).